The summed E-state index contributed by atoms with van der Waals surface area (Å²) in [6.07, 6.45) is 0. The molecule has 7 heteroatoms. The van der Waals surface area contributed by atoms with Gasteiger partial charge in [-0.05, 0) is 19.2 Å². The Labute approximate surface area is 118 Å². The zero-order chi connectivity index (χ0) is 14.7. The van der Waals surface area contributed by atoms with Crippen LogP contribution in [-0.2, 0) is 0 Å². The van der Waals surface area contributed by atoms with E-state index in [1.165, 1.54) is 13.2 Å². The average molecular weight is 280 g/mol. The van der Waals surface area contributed by atoms with E-state index in [4.69, 9.17) is 10.5 Å². The first-order valence-electron chi connectivity index (χ1n) is 6.54. The van der Waals surface area contributed by atoms with Gasteiger partial charge in [0.25, 0.3) is 5.69 Å². The minimum absolute atomic E-state index is 0.0624. The van der Waals surface area contributed by atoms with Crippen molar-refractivity contribution in [3.63, 3.8) is 0 Å². The Bertz CT molecular complexity index is 495. The van der Waals surface area contributed by atoms with Crippen molar-refractivity contribution in [1.29, 1.82) is 0 Å². The quantitative estimate of drug-likeness (QED) is 0.645. The lowest BCUT2D eigenvalue weighted by atomic mass is 10.1. The van der Waals surface area contributed by atoms with E-state index in [2.05, 4.69) is 4.90 Å². The third-order valence-corrected chi connectivity index (χ3v) is 3.65. The molecule has 0 aliphatic carbocycles. The lowest BCUT2D eigenvalue weighted by Crippen LogP contribution is -2.55. The van der Waals surface area contributed by atoms with Crippen molar-refractivity contribution in [2.24, 2.45) is 5.73 Å². The molecule has 1 saturated heterocycles. The van der Waals surface area contributed by atoms with E-state index < -0.39 is 0 Å². The number of ether oxygens (including phenoxy) is 1. The van der Waals surface area contributed by atoms with Gasteiger partial charge in [0.05, 0.1) is 24.1 Å². The number of nitro benzene ring substituents is 1. The maximum atomic E-state index is 11.3. The van der Waals surface area contributed by atoms with Gasteiger partial charge in [0.15, 0.2) is 0 Å². The Morgan fingerprint density at radius 2 is 2.25 bits per heavy atom. The molecule has 2 N–H and O–H groups in total. The highest BCUT2D eigenvalue weighted by molar-refractivity contribution is 5.66. The van der Waals surface area contributed by atoms with Crippen LogP contribution in [0.25, 0.3) is 0 Å². The predicted octanol–water partition coefficient (Wildman–Crippen LogP) is 0.683. The van der Waals surface area contributed by atoms with E-state index in [1.54, 1.807) is 12.1 Å². The van der Waals surface area contributed by atoms with Gasteiger partial charge in [-0.25, -0.2) is 0 Å². The standard InChI is InChI=1S/C13H20N4O3/c1-15-5-6-16(10(8-14)9-15)12-4-3-11(20-2)7-13(12)17(18)19/h3-4,7,10H,5-6,8-9,14H2,1-2H3. The van der Waals surface area contributed by atoms with Gasteiger partial charge in [0.1, 0.15) is 11.4 Å². The number of piperazine rings is 1. The molecule has 1 fully saturated rings. The first-order chi connectivity index (χ1) is 9.56. The van der Waals surface area contributed by atoms with Crippen LogP contribution in [0.5, 0.6) is 5.75 Å². The van der Waals surface area contributed by atoms with Crippen LogP contribution >= 0.6 is 0 Å². The number of nitrogens with two attached hydrogens (primary N) is 1. The monoisotopic (exact) mass is 280 g/mol. The van der Waals surface area contributed by atoms with Crippen LogP contribution in [-0.4, -0.2) is 56.2 Å². The number of rotatable bonds is 4. The summed E-state index contributed by atoms with van der Waals surface area (Å²) in [4.78, 5) is 15.1. The first kappa shape index (κ1) is 14.5. The molecule has 1 aliphatic heterocycles. The zero-order valence-electron chi connectivity index (χ0n) is 11.8. The molecule has 1 aromatic rings. The van der Waals surface area contributed by atoms with Crippen molar-refractivity contribution >= 4 is 11.4 Å². The summed E-state index contributed by atoms with van der Waals surface area (Å²) >= 11 is 0. The normalized spacial score (nSPS) is 19.9. The van der Waals surface area contributed by atoms with Crippen LogP contribution < -0.4 is 15.4 Å². The molecule has 1 heterocycles. The number of nitro groups is 1. The predicted molar refractivity (Wildman–Crippen MR) is 77.3 cm³/mol. The molecule has 1 atom stereocenters. The Balaban J connectivity index is 2.37. The Morgan fingerprint density at radius 3 is 2.85 bits per heavy atom. The van der Waals surface area contributed by atoms with E-state index >= 15 is 0 Å². The maximum Gasteiger partial charge on any atom is 0.296 e. The van der Waals surface area contributed by atoms with Crippen molar-refractivity contribution in [1.82, 2.24) is 4.90 Å². The fraction of sp³-hybridized carbons (Fsp3) is 0.538. The van der Waals surface area contributed by atoms with E-state index in [0.717, 1.165) is 19.6 Å². The second kappa shape index (κ2) is 6.06. The highest BCUT2D eigenvalue weighted by atomic mass is 16.6. The Morgan fingerprint density at radius 1 is 1.50 bits per heavy atom. The molecule has 1 unspecified atom stereocenters. The number of benzene rings is 1. The zero-order valence-corrected chi connectivity index (χ0v) is 11.8. The molecule has 1 aliphatic rings. The fourth-order valence-corrected chi connectivity index (χ4v) is 2.55. The molecular formula is C13H20N4O3. The third kappa shape index (κ3) is 2.83. The van der Waals surface area contributed by atoms with E-state index in [1.807, 2.05) is 11.9 Å². The summed E-state index contributed by atoms with van der Waals surface area (Å²) in [5.41, 5.74) is 6.49. The molecule has 1 aromatic carbocycles. The summed E-state index contributed by atoms with van der Waals surface area (Å²) in [5, 5.41) is 11.3. The van der Waals surface area contributed by atoms with Crippen molar-refractivity contribution in [3.8, 4) is 5.75 Å². The molecule has 7 nitrogen and oxygen atoms in total. The summed E-state index contributed by atoms with van der Waals surface area (Å²) in [6.45, 7) is 2.86. The van der Waals surface area contributed by atoms with Gasteiger partial charge in [-0.2, -0.15) is 0 Å². The van der Waals surface area contributed by atoms with Crippen LogP contribution in [0.2, 0.25) is 0 Å². The number of nitrogens with zero attached hydrogens (tertiary/aromatic N) is 3. The minimum Gasteiger partial charge on any atom is -0.496 e. The van der Waals surface area contributed by atoms with Crippen molar-refractivity contribution < 1.29 is 9.66 Å². The van der Waals surface area contributed by atoms with Gasteiger partial charge in [0, 0.05) is 26.2 Å². The van der Waals surface area contributed by atoms with Gasteiger partial charge < -0.3 is 20.3 Å². The van der Waals surface area contributed by atoms with Gasteiger partial charge in [0.2, 0.25) is 0 Å². The summed E-state index contributed by atoms with van der Waals surface area (Å²) in [7, 11) is 3.53. The van der Waals surface area contributed by atoms with Crippen molar-refractivity contribution in [3.05, 3.63) is 28.3 Å². The molecule has 0 spiro atoms. The first-order valence-corrected chi connectivity index (χ1v) is 6.54. The number of likely N-dealkylation sites (N-methyl/N-ethyl adjacent to an activating group) is 1. The summed E-state index contributed by atoms with van der Waals surface area (Å²) in [5.74, 6) is 0.485. The van der Waals surface area contributed by atoms with Crippen molar-refractivity contribution in [2.45, 2.75) is 6.04 Å². The molecule has 20 heavy (non-hydrogen) atoms. The fourth-order valence-electron chi connectivity index (χ4n) is 2.55. The molecule has 0 bridgehead atoms. The topological polar surface area (TPSA) is 84.9 Å². The van der Waals surface area contributed by atoms with Gasteiger partial charge in [-0.15, -0.1) is 0 Å². The molecule has 0 saturated carbocycles. The molecular weight excluding hydrogens is 260 g/mol. The van der Waals surface area contributed by atoms with Crippen LogP contribution in [0.15, 0.2) is 18.2 Å². The third-order valence-electron chi connectivity index (χ3n) is 3.65. The molecule has 0 radical (unpaired) electrons. The molecule has 0 aromatic heterocycles. The van der Waals surface area contributed by atoms with Crippen LogP contribution in [0.3, 0.4) is 0 Å². The smallest absolute Gasteiger partial charge is 0.296 e. The van der Waals surface area contributed by atoms with Gasteiger partial charge in [-0.3, -0.25) is 10.1 Å². The number of hydrogen-bond donors (Lipinski definition) is 1. The van der Waals surface area contributed by atoms with Crippen LogP contribution in [0, 0.1) is 10.1 Å². The average Bonchev–Trinajstić information content (AvgIpc) is 2.46. The second-order valence-electron chi connectivity index (χ2n) is 4.96. The van der Waals surface area contributed by atoms with Crippen LogP contribution in [0.4, 0.5) is 11.4 Å². The molecule has 110 valence electrons. The number of hydrogen-bond acceptors (Lipinski definition) is 6. The number of methoxy groups -OCH3 is 1. The van der Waals surface area contributed by atoms with Crippen molar-refractivity contribution in [2.75, 3.05) is 45.2 Å². The highest BCUT2D eigenvalue weighted by Crippen LogP contribution is 2.33. The van der Waals surface area contributed by atoms with E-state index in [-0.39, 0.29) is 16.7 Å². The van der Waals surface area contributed by atoms with Crippen LogP contribution in [0.1, 0.15) is 0 Å². The lowest BCUT2D eigenvalue weighted by molar-refractivity contribution is -0.384. The summed E-state index contributed by atoms with van der Waals surface area (Å²) < 4.78 is 5.06. The van der Waals surface area contributed by atoms with E-state index in [9.17, 15) is 10.1 Å². The van der Waals surface area contributed by atoms with Gasteiger partial charge in [-0.1, -0.05) is 0 Å². The highest BCUT2D eigenvalue weighted by Gasteiger charge is 2.29. The summed E-state index contributed by atoms with van der Waals surface area (Å²) in [6, 6.07) is 5.03. The van der Waals surface area contributed by atoms with Gasteiger partial charge >= 0.3 is 0 Å². The van der Waals surface area contributed by atoms with E-state index in [0.29, 0.717) is 18.0 Å². The SMILES string of the molecule is COc1ccc(N2CCN(C)CC2CN)c([N+](=O)[O-])c1. The Hall–Kier alpha value is -1.86. The molecule has 2 rings (SSSR count). The largest absolute Gasteiger partial charge is 0.496 e. The maximum absolute atomic E-state index is 11.3. The molecule has 0 amide bonds. The second-order valence-corrected chi connectivity index (χ2v) is 4.96. The lowest BCUT2D eigenvalue weighted by Gasteiger charge is -2.40. The minimum atomic E-state index is -0.371. The number of anilines is 1. The Kier molecular flexibility index (Phi) is 4.41.